The lowest BCUT2D eigenvalue weighted by atomic mass is 9.90. The summed E-state index contributed by atoms with van der Waals surface area (Å²) in [7, 11) is 0. The molecular weight excluding hydrogens is 290 g/mol. The van der Waals surface area contributed by atoms with E-state index in [0.29, 0.717) is 16.3 Å². The van der Waals surface area contributed by atoms with Crippen molar-refractivity contribution in [2.24, 2.45) is 0 Å². The van der Waals surface area contributed by atoms with E-state index in [4.69, 9.17) is 16.7 Å². The first-order valence-electron chi connectivity index (χ1n) is 6.97. The normalized spacial score (nSPS) is 21.4. The van der Waals surface area contributed by atoms with Crippen molar-refractivity contribution in [3.63, 3.8) is 0 Å². The quantitative estimate of drug-likeness (QED) is 0.797. The third-order valence-corrected chi connectivity index (χ3v) is 4.24. The molecule has 1 amide bonds. The smallest absolute Gasteiger partial charge is 0.404 e. The van der Waals surface area contributed by atoms with Crippen LogP contribution in [-0.2, 0) is 0 Å². The Labute approximate surface area is 128 Å². The van der Waals surface area contributed by atoms with E-state index in [0.717, 1.165) is 31.2 Å². The number of amides is 1. The van der Waals surface area contributed by atoms with Gasteiger partial charge < -0.3 is 15.7 Å². The second-order valence-electron chi connectivity index (χ2n) is 5.35. The van der Waals surface area contributed by atoms with E-state index in [-0.39, 0.29) is 12.1 Å². The number of hydrogen-bond acceptors (Lipinski definition) is 3. The fourth-order valence-corrected chi connectivity index (χ4v) is 2.89. The Balaban J connectivity index is 2.21. The standard InChI is InChI=1S/C15H18ClN3O2/c1-9-6-10(8-17)14(7-11(9)16)18-12-4-2-3-5-13(12)19-15(20)21/h6-7,12-13,18-19H,2-5H2,1H3,(H,20,21)/t12-,13-/m0/s1. The van der Waals surface area contributed by atoms with Gasteiger partial charge in [0, 0.05) is 11.1 Å². The van der Waals surface area contributed by atoms with Crippen LogP contribution in [-0.4, -0.2) is 23.3 Å². The van der Waals surface area contributed by atoms with E-state index in [1.54, 1.807) is 12.1 Å². The maximum atomic E-state index is 10.9. The molecule has 0 aromatic heterocycles. The van der Waals surface area contributed by atoms with Crippen molar-refractivity contribution >= 4 is 23.4 Å². The molecule has 1 fully saturated rings. The SMILES string of the molecule is Cc1cc(C#N)c(N[C@H]2CCCC[C@@H]2NC(=O)O)cc1Cl. The first kappa shape index (κ1) is 15.5. The second-order valence-corrected chi connectivity index (χ2v) is 5.76. The van der Waals surface area contributed by atoms with E-state index >= 15 is 0 Å². The molecule has 0 radical (unpaired) electrons. The van der Waals surface area contributed by atoms with Crippen LogP contribution < -0.4 is 10.6 Å². The molecule has 1 saturated carbocycles. The molecule has 0 aliphatic heterocycles. The van der Waals surface area contributed by atoms with Gasteiger partial charge in [-0.25, -0.2) is 4.79 Å². The molecule has 2 atom stereocenters. The van der Waals surface area contributed by atoms with Crippen molar-refractivity contribution in [3.05, 3.63) is 28.3 Å². The van der Waals surface area contributed by atoms with Crippen LogP contribution in [0.1, 0.15) is 36.8 Å². The van der Waals surface area contributed by atoms with Gasteiger partial charge in [0.15, 0.2) is 0 Å². The van der Waals surface area contributed by atoms with Crippen molar-refractivity contribution in [1.29, 1.82) is 5.26 Å². The molecule has 0 unspecified atom stereocenters. The number of anilines is 1. The van der Waals surface area contributed by atoms with Crippen LogP contribution in [0.15, 0.2) is 12.1 Å². The van der Waals surface area contributed by atoms with Gasteiger partial charge in [-0.1, -0.05) is 24.4 Å². The number of aryl methyl sites for hydroxylation is 1. The molecule has 0 bridgehead atoms. The molecule has 2 rings (SSSR count). The molecule has 1 aromatic rings. The van der Waals surface area contributed by atoms with Crippen molar-refractivity contribution in [2.45, 2.75) is 44.7 Å². The summed E-state index contributed by atoms with van der Waals surface area (Å²) in [5, 5.41) is 24.6. The highest BCUT2D eigenvalue weighted by Crippen LogP contribution is 2.28. The van der Waals surface area contributed by atoms with Crippen LogP contribution in [0.25, 0.3) is 0 Å². The zero-order valence-electron chi connectivity index (χ0n) is 11.8. The van der Waals surface area contributed by atoms with E-state index in [2.05, 4.69) is 16.7 Å². The summed E-state index contributed by atoms with van der Waals surface area (Å²) in [6.45, 7) is 1.85. The predicted molar refractivity (Wildman–Crippen MR) is 81.7 cm³/mol. The molecule has 5 nitrogen and oxygen atoms in total. The first-order chi connectivity index (χ1) is 10.0. The number of hydrogen-bond donors (Lipinski definition) is 3. The first-order valence-corrected chi connectivity index (χ1v) is 7.35. The van der Waals surface area contributed by atoms with Crippen LogP contribution in [0, 0.1) is 18.3 Å². The minimum atomic E-state index is -1.02. The molecule has 0 heterocycles. The summed E-state index contributed by atoms with van der Waals surface area (Å²) in [5.41, 5.74) is 2.04. The van der Waals surface area contributed by atoms with Crippen LogP contribution in [0.4, 0.5) is 10.5 Å². The number of nitrogens with zero attached hydrogens (tertiary/aromatic N) is 1. The Morgan fingerprint density at radius 3 is 2.67 bits per heavy atom. The number of rotatable bonds is 3. The van der Waals surface area contributed by atoms with Gasteiger partial charge >= 0.3 is 6.09 Å². The van der Waals surface area contributed by atoms with Gasteiger partial charge in [0.2, 0.25) is 0 Å². The number of benzene rings is 1. The Morgan fingerprint density at radius 2 is 2.05 bits per heavy atom. The van der Waals surface area contributed by atoms with Crippen molar-refractivity contribution in [1.82, 2.24) is 5.32 Å². The van der Waals surface area contributed by atoms with Gasteiger partial charge in [0.1, 0.15) is 6.07 Å². The van der Waals surface area contributed by atoms with E-state index in [9.17, 15) is 10.1 Å². The summed E-state index contributed by atoms with van der Waals surface area (Å²) in [6.07, 6.45) is 2.68. The topological polar surface area (TPSA) is 85.2 Å². The molecule has 3 N–H and O–H groups in total. The summed E-state index contributed by atoms with van der Waals surface area (Å²) in [5.74, 6) is 0. The third kappa shape index (κ3) is 3.79. The van der Waals surface area contributed by atoms with Crippen molar-refractivity contribution in [2.75, 3.05) is 5.32 Å². The van der Waals surface area contributed by atoms with E-state index in [1.807, 2.05) is 6.92 Å². The number of carbonyl (C=O) groups is 1. The summed E-state index contributed by atoms with van der Waals surface area (Å²) in [6, 6.07) is 5.45. The lowest BCUT2D eigenvalue weighted by molar-refractivity contribution is 0.184. The van der Waals surface area contributed by atoms with E-state index in [1.165, 1.54) is 0 Å². The van der Waals surface area contributed by atoms with Crippen LogP contribution >= 0.6 is 11.6 Å². The second kappa shape index (κ2) is 6.68. The molecular formula is C15H18ClN3O2. The van der Waals surface area contributed by atoms with Crippen LogP contribution in [0.5, 0.6) is 0 Å². The van der Waals surface area contributed by atoms with Gasteiger partial charge in [0.05, 0.1) is 17.3 Å². The summed E-state index contributed by atoms with van der Waals surface area (Å²) in [4.78, 5) is 10.9. The van der Waals surface area contributed by atoms with Gasteiger partial charge in [0.25, 0.3) is 0 Å². The van der Waals surface area contributed by atoms with Gasteiger partial charge in [-0.05, 0) is 37.5 Å². The lowest BCUT2D eigenvalue weighted by Crippen LogP contribution is -2.48. The average molecular weight is 308 g/mol. The summed E-state index contributed by atoms with van der Waals surface area (Å²) < 4.78 is 0. The minimum absolute atomic E-state index is 0.0271. The maximum absolute atomic E-state index is 10.9. The highest BCUT2D eigenvalue weighted by atomic mass is 35.5. The molecule has 0 saturated heterocycles. The molecule has 112 valence electrons. The molecule has 1 aromatic carbocycles. The Bertz CT molecular complexity index is 583. The van der Waals surface area contributed by atoms with Crippen LogP contribution in [0.2, 0.25) is 5.02 Å². The number of carboxylic acid groups (broad SMARTS) is 1. The minimum Gasteiger partial charge on any atom is -0.465 e. The maximum Gasteiger partial charge on any atom is 0.404 e. The lowest BCUT2D eigenvalue weighted by Gasteiger charge is -2.33. The highest BCUT2D eigenvalue weighted by Gasteiger charge is 2.27. The number of nitriles is 1. The molecule has 21 heavy (non-hydrogen) atoms. The average Bonchev–Trinajstić information content (AvgIpc) is 2.44. The third-order valence-electron chi connectivity index (χ3n) is 3.83. The monoisotopic (exact) mass is 307 g/mol. The molecule has 1 aliphatic carbocycles. The highest BCUT2D eigenvalue weighted by molar-refractivity contribution is 6.31. The Hall–Kier alpha value is -1.93. The van der Waals surface area contributed by atoms with Gasteiger partial charge in [-0.3, -0.25) is 0 Å². The fraction of sp³-hybridized carbons (Fsp3) is 0.467. The van der Waals surface area contributed by atoms with E-state index < -0.39 is 6.09 Å². The van der Waals surface area contributed by atoms with Crippen molar-refractivity contribution < 1.29 is 9.90 Å². The molecule has 0 spiro atoms. The van der Waals surface area contributed by atoms with Crippen molar-refractivity contribution in [3.8, 4) is 6.07 Å². The van der Waals surface area contributed by atoms with Crippen LogP contribution in [0.3, 0.4) is 0 Å². The van der Waals surface area contributed by atoms with Gasteiger partial charge in [-0.2, -0.15) is 5.26 Å². The predicted octanol–water partition coefficient (Wildman–Crippen LogP) is 3.51. The molecule has 6 heteroatoms. The number of halogens is 1. The number of nitrogens with one attached hydrogen (secondary N) is 2. The fourth-order valence-electron chi connectivity index (χ4n) is 2.73. The summed E-state index contributed by atoms with van der Waals surface area (Å²) >= 11 is 6.12. The zero-order chi connectivity index (χ0) is 15.4. The molecule has 1 aliphatic rings. The largest absolute Gasteiger partial charge is 0.465 e. The zero-order valence-corrected chi connectivity index (χ0v) is 12.6. The Kier molecular flexibility index (Phi) is 4.92. The Morgan fingerprint density at radius 1 is 1.38 bits per heavy atom. The van der Waals surface area contributed by atoms with Gasteiger partial charge in [-0.15, -0.1) is 0 Å².